The Kier molecular flexibility index (Phi) is 6.91. The Morgan fingerprint density at radius 3 is 2.62 bits per heavy atom. The molecule has 0 radical (unpaired) electrons. The van der Waals surface area contributed by atoms with E-state index in [-0.39, 0.29) is 36.6 Å². The van der Waals surface area contributed by atoms with E-state index in [1.165, 1.54) is 16.5 Å². The maximum Gasteiger partial charge on any atom is 0.299 e. The molecule has 2 heterocycles. The standard InChI is InChI=1S/C25H26N4O5/c1-4-16-5-7-17(8-6-16)22-23-24(34-28-22)25(31)29(15-27-23)12-11-21(30)26-14-18-13-19(32-2)9-10-20(18)33-3/h5-10,13,15H,4,11-12,14H2,1-3H3,(H,26,30). The Labute approximate surface area is 196 Å². The van der Waals surface area contributed by atoms with Crippen LogP contribution in [0.5, 0.6) is 11.5 Å². The van der Waals surface area contributed by atoms with E-state index in [1.807, 2.05) is 24.3 Å². The maximum atomic E-state index is 12.8. The van der Waals surface area contributed by atoms with Gasteiger partial charge in [-0.1, -0.05) is 36.3 Å². The van der Waals surface area contributed by atoms with E-state index in [1.54, 1.807) is 32.4 Å². The molecule has 2 aromatic carbocycles. The molecule has 4 aromatic rings. The van der Waals surface area contributed by atoms with Gasteiger partial charge in [0.15, 0.2) is 0 Å². The summed E-state index contributed by atoms with van der Waals surface area (Å²) in [7, 11) is 3.14. The van der Waals surface area contributed by atoms with Gasteiger partial charge in [-0.2, -0.15) is 0 Å². The van der Waals surface area contributed by atoms with Gasteiger partial charge in [-0.15, -0.1) is 0 Å². The summed E-state index contributed by atoms with van der Waals surface area (Å²) >= 11 is 0. The third kappa shape index (κ3) is 4.78. The predicted molar refractivity (Wildman–Crippen MR) is 127 cm³/mol. The number of ether oxygens (including phenoxy) is 2. The van der Waals surface area contributed by atoms with E-state index < -0.39 is 0 Å². The molecule has 0 fully saturated rings. The number of fused-ring (bicyclic) bond motifs is 1. The molecule has 0 aliphatic heterocycles. The van der Waals surface area contributed by atoms with Gasteiger partial charge in [0.2, 0.25) is 5.91 Å². The van der Waals surface area contributed by atoms with Gasteiger partial charge in [-0.05, 0) is 30.2 Å². The summed E-state index contributed by atoms with van der Waals surface area (Å²) in [5, 5.41) is 6.90. The molecule has 0 saturated heterocycles. The van der Waals surface area contributed by atoms with Crippen LogP contribution in [-0.4, -0.2) is 34.8 Å². The molecule has 0 aliphatic rings. The van der Waals surface area contributed by atoms with Gasteiger partial charge in [-0.3, -0.25) is 14.2 Å². The van der Waals surface area contributed by atoms with Crippen molar-refractivity contribution >= 4 is 17.0 Å². The van der Waals surface area contributed by atoms with Crippen LogP contribution in [0.4, 0.5) is 0 Å². The normalized spacial score (nSPS) is 10.9. The van der Waals surface area contributed by atoms with Gasteiger partial charge in [-0.25, -0.2) is 4.98 Å². The molecule has 0 atom stereocenters. The van der Waals surface area contributed by atoms with Crippen LogP contribution in [-0.2, 0) is 24.3 Å². The summed E-state index contributed by atoms with van der Waals surface area (Å²) in [6, 6.07) is 13.3. The SMILES string of the molecule is CCc1ccc(-c2noc3c(=O)n(CCC(=O)NCc4cc(OC)ccc4OC)cnc23)cc1. The average Bonchev–Trinajstić information content (AvgIpc) is 3.32. The number of hydrogen-bond donors (Lipinski definition) is 1. The summed E-state index contributed by atoms with van der Waals surface area (Å²) in [5.74, 6) is 1.10. The first kappa shape index (κ1) is 23.0. The highest BCUT2D eigenvalue weighted by atomic mass is 16.5. The Morgan fingerprint density at radius 1 is 1.12 bits per heavy atom. The third-order valence-electron chi connectivity index (χ3n) is 5.63. The van der Waals surface area contributed by atoms with Crippen molar-refractivity contribution in [1.29, 1.82) is 0 Å². The van der Waals surface area contributed by atoms with Gasteiger partial charge in [0.1, 0.15) is 22.7 Å². The zero-order valence-electron chi connectivity index (χ0n) is 19.3. The third-order valence-corrected chi connectivity index (χ3v) is 5.63. The lowest BCUT2D eigenvalue weighted by Gasteiger charge is -2.11. The van der Waals surface area contributed by atoms with Gasteiger partial charge in [0.25, 0.3) is 11.1 Å². The number of nitrogens with zero attached hydrogens (tertiary/aromatic N) is 3. The Bertz CT molecular complexity index is 1360. The molecule has 0 saturated carbocycles. The molecule has 176 valence electrons. The topological polar surface area (TPSA) is 108 Å². The fourth-order valence-electron chi connectivity index (χ4n) is 3.63. The van der Waals surface area contributed by atoms with Gasteiger partial charge in [0, 0.05) is 30.6 Å². The van der Waals surface area contributed by atoms with Crippen LogP contribution in [0.25, 0.3) is 22.4 Å². The summed E-state index contributed by atoms with van der Waals surface area (Å²) in [4.78, 5) is 29.6. The molecule has 0 bridgehead atoms. The second-order valence-electron chi connectivity index (χ2n) is 7.71. The molecule has 0 aliphatic carbocycles. The molecule has 1 N–H and O–H groups in total. The van der Waals surface area contributed by atoms with Crippen molar-refractivity contribution in [2.75, 3.05) is 14.2 Å². The van der Waals surface area contributed by atoms with Gasteiger partial charge >= 0.3 is 0 Å². The van der Waals surface area contributed by atoms with E-state index in [0.717, 1.165) is 17.5 Å². The predicted octanol–water partition coefficient (Wildman–Crippen LogP) is 3.34. The number of nitrogens with one attached hydrogen (secondary N) is 1. The minimum atomic E-state index is -0.379. The molecule has 4 rings (SSSR count). The Balaban J connectivity index is 1.43. The lowest BCUT2D eigenvalue weighted by Crippen LogP contribution is -2.27. The molecular formula is C25H26N4O5. The summed E-state index contributed by atoms with van der Waals surface area (Å²) in [5.41, 5.74) is 3.43. The quantitative estimate of drug-likeness (QED) is 0.406. The molecule has 2 aromatic heterocycles. The minimum Gasteiger partial charge on any atom is -0.497 e. The van der Waals surface area contributed by atoms with Crippen molar-refractivity contribution in [3.05, 3.63) is 70.3 Å². The summed E-state index contributed by atoms with van der Waals surface area (Å²) in [6.07, 6.45) is 2.45. The number of amides is 1. The second-order valence-corrected chi connectivity index (χ2v) is 7.71. The first-order valence-corrected chi connectivity index (χ1v) is 11.0. The van der Waals surface area contributed by atoms with Crippen molar-refractivity contribution in [1.82, 2.24) is 20.0 Å². The molecule has 34 heavy (non-hydrogen) atoms. The zero-order chi connectivity index (χ0) is 24.1. The van der Waals surface area contributed by atoms with Crippen LogP contribution >= 0.6 is 0 Å². The van der Waals surface area contributed by atoms with Crippen LogP contribution < -0.4 is 20.3 Å². The number of hydrogen-bond acceptors (Lipinski definition) is 7. The fraction of sp³-hybridized carbons (Fsp3) is 0.280. The van der Waals surface area contributed by atoms with Gasteiger partial charge in [0.05, 0.1) is 20.5 Å². The molecule has 1 amide bonds. The molecule has 0 spiro atoms. The van der Waals surface area contributed by atoms with Crippen LogP contribution in [0.2, 0.25) is 0 Å². The molecule has 9 nitrogen and oxygen atoms in total. The van der Waals surface area contributed by atoms with Crippen LogP contribution in [0.3, 0.4) is 0 Å². The van der Waals surface area contributed by atoms with E-state index in [9.17, 15) is 9.59 Å². The fourth-order valence-corrected chi connectivity index (χ4v) is 3.63. The van der Waals surface area contributed by atoms with E-state index in [2.05, 4.69) is 22.4 Å². The molecule has 0 unspecified atom stereocenters. The van der Waals surface area contributed by atoms with Gasteiger partial charge < -0.3 is 19.3 Å². The first-order valence-electron chi connectivity index (χ1n) is 11.0. The number of benzene rings is 2. The number of rotatable bonds is 9. The van der Waals surface area contributed by atoms with Crippen molar-refractivity contribution in [2.24, 2.45) is 0 Å². The number of aryl methyl sites for hydroxylation is 2. The van der Waals surface area contributed by atoms with Crippen molar-refractivity contribution in [3.8, 4) is 22.8 Å². The lowest BCUT2D eigenvalue weighted by atomic mass is 10.1. The van der Waals surface area contributed by atoms with Crippen LogP contribution in [0.1, 0.15) is 24.5 Å². The Morgan fingerprint density at radius 2 is 1.91 bits per heavy atom. The zero-order valence-corrected chi connectivity index (χ0v) is 19.3. The van der Waals surface area contributed by atoms with E-state index >= 15 is 0 Å². The Hall–Kier alpha value is -4.14. The maximum absolute atomic E-state index is 12.8. The molecule has 9 heteroatoms. The van der Waals surface area contributed by atoms with E-state index in [4.69, 9.17) is 14.0 Å². The number of carbonyl (C=O) groups excluding carboxylic acids is 1. The highest BCUT2D eigenvalue weighted by Gasteiger charge is 2.17. The highest BCUT2D eigenvalue weighted by molar-refractivity contribution is 5.87. The van der Waals surface area contributed by atoms with Crippen molar-refractivity contribution < 1.29 is 18.8 Å². The lowest BCUT2D eigenvalue weighted by molar-refractivity contribution is -0.121. The summed E-state index contributed by atoms with van der Waals surface area (Å²) < 4.78 is 17.2. The average molecular weight is 463 g/mol. The monoisotopic (exact) mass is 462 g/mol. The highest BCUT2D eigenvalue weighted by Crippen LogP contribution is 2.25. The first-order chi connectivity index (χ1) is 16.5. The van der Waals surface area contributed by atoms with Crippen molar-refractivity contribution in [3.63, 3.8) is 0 Å². The second kappa shape index (κ2) is 10.2. The number of carbonyl (C=O) groups is 1. The van der Waals surface area contributed by atoms with Crippen LogP contribution in [0, 0.1) is 0 Å². The summed E-state index contributed by atoms with van der Waals surface area (Å²) in [6.45, 7) is 2.51. The minimum absolute atomic E-state index is 0.0681. The number of aromatic nitrogens is 3. The number of methoxy groups -OCH3 is 2. The van der Waals surface area contributed by atoms with E-state index in [0.29, 0.717) is 22.7 Å². The molecular weight excluding hydrogens is 436 g/mol. The van der Waals surface area contributed by atoms with Crippen LogP contribution in [0.15, 0.2) is 58.1 Å². The largest absolute Gasteiger partial charge is 0.497 e. The smallest absolute Gasteiger partial charge is 0.299 e. The van der Waals surface area contributed by atoms with Crippen molar-refractivity contribution in [2.45, 2.75) is 32.9 Å².